The van der Waals surface area contributed by atoms with Gasteiger partial charge in [0.05, 0.1) is 5.54 Å². The molecule has 0 spiro atoms. The van der Waals surface area contributed by atoms with Crippen molar-refractivity contribution in [3.63, 3.8) is 0 Å². The predicted molar refractivity (Wildman–Crippen MR) is 62.9 cm³/mol. The largest absolute Gasteiger partial charge is 0.358 e. The molecular weight excluding hydrogens is 237 g/mol. The fourth-order valence-corrected chi connectivity index (χ4v) is 1.87. The second-order valence-corrected chi connectivity index (χ2v) is 3.83. The van der Waals surface area contributed by atoms with E-state index in [0.29, 0.717) is 11.8 Å². The molecule has 0 aliphatic carbocycles. The lowest BCUT2D eigenvalue weighted by molar-refractivity contribution is 0.556. The summed E-state index contributed by atoms with van der Waals surface area (Å²) in [5.41, 5.74) is -0.754. The normalized spacial score (nSPS) is 11.4. The van der Waals surface area contributed by atoms with Gasteiger partial charge in [-0.25, -0.2) is 4.98 Å². The number of aromatic nitrogens is 2. The van der Waals surface area contributed by atoms with Crippen LogP contribution in [0.2, 0.25) is 0 Å². The number of nitrogens with zero attached hydrogens (tertiary/aromatic N) is 1. The number of rotatable bonds is 5. The number of halogens is 2. The molecule has 6 heteroatoms. The van der Waals surface area contributed by atoms with E-state index in [2.05, 4.69) is 15.3 Å². The van der Waals surface area contributed by atoms with E-state index < -0.39 is 5.54 Å². The third-order valence-electron chi connectivity index (χ3n) is 2.28. The molecular formula is C9H13Cl2N3O. The third kappa shape index (κ3) is 2.86. The van der Waals surface area contributed by atoms with Gasteiger partial charge in [0.2, 0.25) is 0 Å². The van der Waals surface area contributed by atoms with Gasteiger partial charge < -0.3 is 10.3 Å². The van der Waals surface area contributed by atoms with Crippen molar-refractivity contribution in [1.82, 2.24) is 9.97 Å². The Balaban J connectivity index is 2.93. The van der Waals surface area contributed by atoms with Crippen LogP contribution >= 0.6 is 23.2 Å². The number of nitrogens with one attached hydrogen (secondary N) is 2. The molecule has 0 unspecified atom stereocenters. The number of hydrogen-bond donors (Lipinski definition) is 2. The van der Waals surface area contributed by atoms with Gasteiger partial charge in [-0.2, -0.15) is 0 Å². The van der Waals surface area contributed by atoms with E-state index in [1.54, 1.807) is 0 Å². The summed E-state index contributed by atoms with van der Waals surface area (Å²) in [6.45, 7) is 1.95. The number of alkyl halides is 2. The molecule has 0 aliphatic rings. The first-order chi connectivity index (χ1) is 7.17. The molecule has 2 N–H and O–H groups in total. The van der Waals surface area contributed by atoms with E-state index in [0.717, 1.165) is 6.42 Å². The minimum Gasteiger partial charge on any atom is -0.358 e. The quantitative estimate of drug-likeness (QED) is 0.783. The summed E-state index contributed by atoms with van der Waals surface area (Å²) >= 11 is 11.7. The Kier molecular flexibility index (Phi) is 4.42. The van der Waals surface area contributed by atoms with Crippen LogP contribution in [-0.4, -0.2) is 27.3 Å². The van der Waals surface area contributed by atoms with Crippen molar-refractivity contribution in [2.45, 2.75) is 18.9 Å². The molecule has 1 heterocycles. The maximum atomic E-state index is 11.4. The van der Waals surface area contributed by atoms with Crippen molar-refractivity contribution >= 4 is 29.0 Å². The summed E-state index contributed by atoms with van der Waals surface area (Å²) in [5.74, 6) is 0.895. The van der Waals surface area contributed by atoms with E-state index in [1.165, 1.54) is 12.4 Å². The molecule has 0 aliphatic heterocycles. The van der Waals surface area contributed by atoms with E-state index in [-0.39, 0.29) is 11.4 Å². The van der Waals surface area contributed by atoms with Crippen LogP contribution < -0.4 is 10.9 Å². The van der Waals surface area contributed by atoms with Gasteiger partial charge in [0, 0.05) is 24.2 Å². The third-order valence-corrected chi connectivity index (χ3v) is 3.30. The van der Waals surface area contributed by atoms with Gasteiger partial charge in [-0.1, -0.05) is 6.92 Å². The van der Waals surface area contributed by atoms with Gasteiger partial charge >= 0.3 is 0 Å². The van der Waals surface area contributed by atoms with Crippen molar-refractivity contribution in [3.8, 4) is 0 Å². The van der Waals surface area contributed by atoms with Crippen molar-refractivity contribution < 1.29 is 0 Å². The molecule has 1 aromatic rings. The molecule has 0 aromatic carbocycles. The Morgan fingerprint density at radius 1 is 1.53 bits per heavy atom. The summed E-state index contributed by atoms with van der Waals surface area (Å²) in [6, 6.07) is 0. The second-order valence-electron chi connectivity index (χ2n) is 3.29. The molecule has 1 aromatic heterocycles. The number of anilines is 1. The minimum atomic E-state index is -0.482. The monoisotopic (exact) mass is 249 g/mol. The summed E-state index contributed by atoms with van der Waals surface area (Å²) in [7, 11) is 0. The highest BCUT2D eigenvalue weighted by Gasteiger charge is 2.27. The number of H-pyrrole nitrogens is 1. The smallest absolute Gasteiger partial charge is 0.290 e. The maximum absolute atomic E-state index is 11.4. The second kappa shape index (κ2) is 5.37. The number of aromatic amines is 1. The Morgan fingerprint density at radius 2 is 2.20 bits per heavy atom. The fourth-order valence-electron chi connectivity index (χ4n) is 1.07. The highest BCUT2D eigenvalue weighted by molar-refractivity contribution is 6.22. The van der Waals surface area contributed by atoms with Crippen LogP contribution in [0.3, 0.4) is 0 Å². The SMILES string of the molecule is CCC(CCl)(CCl)Nc1ncc[nH]c1=O. The van der Waals surface area contributed by atoms with E-state index >= 15 is 0 Å². The standard InChI is InChI=1S/C9H13Cl2N3O/c1-2-9(5-10,6-11)14-7-8(15)13-4-3-12-7/h3-4H,2,5-6H2,1H3,(H,12,14)(H,13,15). The molecule has 15 heavy (non-hydrogen) atoms. The lowest BCUT2D eigenvalue weighted by Gasteiger charge is -2.29. The van der Waals surface area contributed by atoms with E-state index in [1.807, 2.05) is 6.92 Å². The minimum absolute atomic E-state index is 0.251. The average molecular weight is 250 g/mol. The molecule has 0 bridgehead atoms. The molecule has 0 saturated heterocycles. The molecule has 1 rings (SSSR count). The fraction of sp³-hybridized carbons (Fsp3) is 0.556. The van der Waals surface area contributed by atoms with Crippen LogP contribution in [0.1, 0.15) is 13.3 Å². The number of hydrogen-bond acceptors (Lipinski definition) is 3. The van der Waals surface area contributed by atoms with Crippen LogP contribution in [0.4, 0.5) is 5.82 Å². The summed E-state index contributed by atoms with van der Waals surface area (Å²) in [6.07, 6.45) is 3.70. The summed E-state index contributed by atoms with van der Waals surface area (Å²) in [4.78, 5) is 17.8. The molecule has 0 radical (unpaired) electrons. The highest BCUT2D eigenvalue weighted by Crippen LogP contribution is 2.18. The van der Waals surface area contributed by atoms with Crippen LogP contribution in [0.15, 0.2) is 17.2 Å². The van der Waals surface area contributed by atoms with Crippen LogP contribution in [0.25, 0.3) is 0 Å². The maximum Gasteiger partial charge on any atom is 0.290 e. The molecule has 0 fully saturated rings. The van der Waals surface area contributed by atoms with E-state index in [4.69, 9.17) is 23.2 Å². The van der Waals surface area contributed by atoms with Gasteiger partial charge in [-0.3, -0.25) is 4.79 Å². The Bertz CT molecular complexity index is 354. The van der Waals surface area contributed by atoms with Crippen LogP contribution in [0, 0.1) is 0 Å². The first-order valence-corrected chi connectivity index (χ1v) is 5.68. The first kappa shape index (κ1) is 12.3. The lowest BCUT2D eigenvalue weighted by atomic mass is 10.0. The van der Waals surface area contributed by atoms with Gasteiger partial charge in [0.25, 0.3) is 5.56 Å². The zero-order chi connectivity index (χ0) is 11.3. The van der Waals surface area contributed by atoms with Crippen LogP contribution in [0.5, 0.6) is 0 Å². The lowest BCUT2D eigenvalue weighted by Crippen LogP contribution is -2.43. The van der Waals surface area contributed by atoms with Crippen molar-refractivity contribution in [2.75, 3.05) is 17.1 Å². The van der Waals surface area contributed by atoms with Crippen LogP contribution in [-0.2, 0) is 0 Å². The predicted octanol–water partition coefficient (Wildman–Crippen LogP) is 1.81. The molecule has 0 amide bonds. The van der Waals surface area contributed by atoms with E-state index in [9.17, 15) is 4.79 Å². The van der Waals surface area contributed by atoms with Gasteiger partial charge in [-0.15, -0.1) is 23.2 Å². The van der Waals surface area contributed by atoms with Gasteiger partial charge in [-0.05, 0) is 6.42 Å². The van der Waals surface area contributed by atoms with Gasteiger partial charge in [0.1, 0.15) is 0 Å². The first-order valence-electron chi connectivity index (χ1n) is 4.61. The Hall–Kier alpha value is -0.740. The zero-order valence-corrected chi connectivity index (χ0v) is 9.90. The topological polar surface area (TPSA) is 57.8 Å². The zero-order valence-electron chi connectivity index (χ0n) is 8.39. The highest BCUT2D eigenvalue weighted by atomic mass is 35.5. The molecule has 84 valence electrons. The summed E-state index contributed by atoms with van der Waals surface area (Å²) < 4.78 is 0. The van der Waals surface area contributed by atoms with Crippen molar-refractivity contribution in [1.29, 1.82) is 0 Å². The van der Waals surface area contributed by atoms with Crippen molar-refractivity contribution in [3.05, 3.63) is 22.7 Å². The molecule has 4 nitrogen and oxygen atoms in total. The van der Waals surface area contributed by atoms with Crippen molar-refractivity contribution in [2.24, 2.45) is 0 Å². The molecule has 0 saturated carbocycles. The Morgan fingerprint density at radius 3 is 2.67 bits per heavy atom. The Labute approximate surface area is 98.0 Å². The summed E-state index contributed by atoms with van der Waals surface area (Å²) in [5, 5.41) is 2.99. The van der Waals surface area contributed by atoms with Gasteiger partial charge in [0.15, 0.2) is 5.82 Å². The molecule has 0 atom stereocenters. The average Bonchev–Trinajstić information content (AvgIpc) is 2.29.